The van der Waals surface area contributed by atoms with Crippen molar-refractivity contribution in [2.45, 2.75) is 20.4 Å². The molecule has 1 amide bonds. The second kappa shape index (κ2) is 5.49. The van der Waals surface area contributed by atoms with E-state index in [1.165, 1.54) is 6.26 Å². The van der Waals surface area contributed by atoms with Crippen molar-refractivity contribution in [1.29, 1.82) is 0 Å². The smallest absolute Gasteiger partial charge is 0.276 e. The summed E-state index contributed by atoms with van der Waals surface area (Å²) in [5, 5.41) is 3.76. The van der Waals surface area contributed by atoms with Crippen LogP contribution >= 0.6 is 0 Å². The Morgan fingerprint density at radius 3 is 2.61 bits per heavy atom. The molecule has 0 aliphatic carbocycles. The predicted molar refractivity (Wildman–Crippen MR) is 68.1 cm³/mol. The average Bonchev–Trinajstić information content (AvgIpc) is 2.82. The van der Waals surface area contributed by atoms with E-state index in [0.717, 1.165) is 11.1 Å². The number of nitrogens with zero attached hydrogens (tertiary/aromatic N) is 2. The topological polar surface area (TPSA) is 46.3 Å². The van der Waals surface area contributed by atoms with E-state index in [1.807, 2.05) is 44.2 Å². The van der Waals surface area contributed by atoms with Gasteiger partial charge in [-0.2, -0.15) is 0 Å². The molecule has 4 heteroatoms. The third-order valence-corrected chi connectivity index (χ3v) is 2.83. The predicted octanol–water partition coefficient (Wildman–Crippen LogP) is 2.65. The number of aromatic nitrogens is 1. The Labute approximate surface area is 106 Å². The maximum Gasteiger partial charge on any atom is 0.276 e. The van der Waals surface area contributed by atoms with Crippen molar-refractivity contribution in [3.63, 3.8) is 0 Å². The Morgan fingerprint density at radius 1 is 1.33 bits per heavy atom. The summed E-state index contributed by atoms with van der Waals surface area (Å²) >= 11 is 0. The van der Waals surface area contributed by atoms with Gasteiger partial charge in [0.1, 0.15) is 6.26 Å². The van der Waals surface area contributed by atoms with Gasteiger partial charge in [0.25, 0.3) is 5.91 Å². The van der Waals surface area contributed by atoms with Crippen LogP contribution in [0.4, 0.5) is 0 Å². The minimum Gasteiger partial charge on any atom is -0.364 e. The standard InChI is InChI=1S/C14H16N2O2/c1-3-16(9-12-7-5-4-6-8-12)14(17)13-11(2)10-18-15-13/h4-8,10H,3,9H2,1-2H3. The molecule has 1 heterocycles. The van der Waals surface area contributed by atoms with E-state index in [-0.39, 0.29) is 5.91 Å². The summed E-state index contributed by atoms with van der Waals surface area (Å²) in [5.74, 6) is -0.0902. The molecule has 0 N–H and O–H groups in total. The van der Waals surface area contributed by atoms with Crippen LogP contribution in [0.2, 0.25) is 0 Å². The molecule has 0 fully saturated rings. The minimum atomic E-state index is -0.0902. The number of carbonyl (C=O) groups excluding carboxylic acids is 1. The Balaban J connectivity index is 2.15. The molecule has 2 aromatic rings. The summed E-state index contributed by atoms with van der Waals surface area (Å²) in [6.07, 6.45) is 1.49. The molecule has 1 aromatic carbocycles. The van der Waals surface area contributed by atoms with E-state index >= 15 is 0 Å². The average molecular weight is 244 g/mol. The van der Waals surface area contributed by atoms with Crippen molar-refractivity contribution in [1.82, 2.24) is 10.1 Å². The van der Waals surface area contributed by atoms with Gasteiger partial charge in [0.2, 0.25) is 0 Å². The largest absolute Gasteiger partial charge is 0.364 e. The highest BCUT2D eigenvalue weighted by atomic mass is 16.5. The molecule has 0 unspecified atom stereocenters. The van der Waals surface area contributed by atoms with E-state index in [2.05, 4.69) is 5.16 Å². The summed E-state index contributed by atoms with van der Waals surface area (Å²) in [6.45, 7) is 5.00. The first-order valence-corrected chi connectivity index (χ1v) is 5.96. The fourth-order valence-corrected chi connectivity index (χ4v) is 1.77. The fourth-order valence-electron chi connectivity index (χ4n) is 1.77. The van der Waals surface area contributed by atoms with Gasteiger partial charge in [0.15, 0.2) is 5.69 Å². The molecule has 0 saturated heterocycles. The highest BCUT2D eigenvalue weighted by molar-refractivity contribution is 5.93. The summed E-state index contributed by atoms with van der Waals surface area (Å²) < 4.78 is 4.81. The summed E-state index contributed by atoms with van der Waals surface area (Å²) in [7, 11) is 0. The SMILES string of the molecule is CCN(Cc1ccccc1)C(=O)c1nocc1C. The van der Waals surface area contributed by atoms with Crippen molar-refractivity contribution in [3.8, 4) is 0 Å². The van der Waals surface area contributed by atoms with Crippen LogP contribution in [0.15, 0.2) is 41.1 Å². The van der Waals surface area contributed by atoms with Gasteiger partial charge in [-0.3, -0.25) is 4.79 Å². The van der Waals surface area contributed by atoms with Crippen LogP contribution in [0.1, 0.15) is 28.5 Å². The lowest BCUT2D eigenvalue weighted by molar-refractivity contribution is 0.0741. The molecule has 94 valence electrons. The third kappa shape index (κ3) is 2.59. The van der Waals surface area contributed by atoms with E-state index in [0.29, 0.717) is 18.8 Å². The number of hydrogen-bond donors (Lipinski definition) is 0. The minimum absolute atomic E-state index is 0.0902. The first kappa shape index (κ1) is 12.4. The second-order valence-corrected chi connectivity index (χ2v) is 4.15. The molecule has 0 aliphatic heterocycles. The molecule has 0 aliphatic rings. The number of rotatable bonds is 4. The normalized spacial score (nSPS) is 10.3. The van der Waals surface area contributed by atoms with Gasteiger partial charge >= 0.3 is 0 Å². The van der Waals surface area contributed by atoms with Gasteiger partial charge in [-0.05, 0) is 19.4 Å². The summed E-state index contributed by atoms with van der Waals surface area (Å²) in [5.41, 5.74) is 2.27. The number of aryl methyl sites for hydroxylation is 1. The van der Waals surface area contributed by atoms with Crippen LogP contribution < -0.4 is 0 Å². The number of benzene rings is 1. The van der Waals surface area contributed by atoms with E-state index in [4.69, 9.17) is 4.52 Å². The van der Waals surface area contributed by atoms with Gasteiger partial charge in [-0.15, -0.1) is 0 Å². The van der Waals surface area contributed by atoms with Gasteiger partial charge in [0.05, 0.1) is 0 Å². The van der Waals surface area contributed by atoms with Crippen molar-refractivity contribution in [3.05, 3.63) is 53.4 Å². The van der Waals surface area contributed by atoms with E-state index < -0.39 is 0 Å². The molecule has 0 radical (unpaired) electrons. The van der Waals surface area contributed by atoms with Crippen LogP contribution in [0, 0.1) is 6.92 Å². The Bertz CT molecular complexity index is 520. The maximum absolute atomic E-state index is 12.3. The molecule has 18 heavy (non-hydrogen) atoms. The zero-order valence-electron chi connectivity index (χ0n) is 10.6. The Kier molecular flexibility index (Phi) is 3.77. The van der Waals surface area contributed by atoms with Crippen LogP contribution in [0.25, 0.3) is 0 Å². The lowest BCUT2D eigenvalue weighted by Crippen LogP contribution is -2.31. The molecule has 0 spiro atoms. The summed E-state index contributed by atoms with van der Waals surface area (Å²) in [6, 6.07) is 9.91. The molecule has 0 atom stereocenters. The van der Waals surface area contributed by atoms with Crippen LogP contribution in [-0.2, 0) is 6.54 Å². The second-order valence-electron chi connectivity index (χ2n) is 4.15. The number of hydrogen-bond acceptors (Lipinski definition) is 3. The Morgan fingerprint density at radius 2 is 2.06 bits per heavy atom. The van der Waals surface area contributed by atoms with Crippen LogP contribution in [-0.4, -0.2) is 22.5 Å². The number of carbonyl (C=O) groups is 1. The molecule has 1 aromatic heterocycles. The maximum atomic E-state index is 12.3. The molecular formula is C14H16N2O2. The quantitative estimate of drug-likeness (QED) is 0.830. The van der Waals surface area contributed by atoms with Crippen molar-refractivity contribution in [2.75, 3.05) is 6.54 Å². The van der Waals surface area contributed by atoms with Crippen LogP contribution in [0.3, 0.4) is 0 Å². The van der Waals surface area contributed by atoms with Gasteiger partial charge < -0.3 is 9.42 Å². The number of amides is 1. The first-order chi connectivity index (χ1) is 8.72. The molecule has 2 rings (SSSR count). The molecular weight excluding hydrogens is 228 g/mol. The van der Waals surface area contributed by atoms with E-state index in [9.17, 15) is 4.79 Å². The zero-order valence-corrected chi connectivity index (χ0v) is 10.6. The molecule has 0 saturated carbocycles. The summed E-state index contributed by atoms with van der Waals surface area (Å²) in [4.78, 5) is 14.0. The third-order valence-electron chi connectivity index (χ3n) is 2.83. The van der Waals surface area contributed by atoms with E-state index in [1.54, 1.807) is 4.90 Å². The Hall–Kier alpha value is -2.10. The molecule has 0 bridgehead atoms. The highest BCUT2D eigenvalue weighted by Gasteiger charge is 2.19. The van der Waals surface area contributed by atoms with Crippen molar-refractivity contribution >= 4 is 5.91 Å². The molecule has 4 nitrogen and oxygen atoms in total. The zero-order chi connectivity index (χ0) is 13.0. The van der Waals surface area contributed by atoms with Crippen molar-refractivity contribution in [2.24, 2.45) is 0 Å². The van der Waals surface area contributed by atoms with Gasteiger partial charge in [0, 0.05) is 18.7 Å². The first-order valence-electron chi connectivity index (χ1n) is 5.96. The monoisotopic (exact) mass is 244 g/mol. The van der Waals surface area contributed by atoms with Crippen molar-refractivity contribution < 1.29 is 9.32 Å². The fraction of sp³-hybridized carbons (Fsp3) is 0.286. The lowest BCUT2D eigenvalue weighted by atomic mass is 10.2. The van der Waals surface area contributed by atoms with Gasteiger partial charge in [-0.25, -0.2) is 0 Å². The van der Waals surface area contributed by atoms with Gasteiger partial charge in [-0.1, -0.05) is 35.5 Å². The highest BCUT2D eigenvalue weighted by Crippen LogP contribution is 2.11. The lowest BCUT2D eigenvalue weighted by Gasteiger charge is -2.19. The van der Waals surface area contributed by atoms with Crippen LogP contribution in [0.5, 0.6) is 0 Å².